The maximum absolute atomic E-state index is 10.4. The zero-order valence-corrected chi connectivity index (χ0v) is 10.6. The van der Waals surface area contributed by atoms with Crippen LogP contribution in [0, 0.1) is 0 Å². The van der Waals surface area contributed by atoms with E-state index in [0.717, 1.165) is 5.39 Å². The highest BCUT2D eigenvalue weighted by Gasteiger charge is 2.16. The first-order chi connectivity index (χ1) is 9.27. The lowest BCUT2D eigenvalue weighted by Gasteiger charge is -2.12. The molecule has 0 saturated heterocycles. The molecule has 0 aliphatic rings. The van der Waals surface area contributed by atoms with Crippen LogP contribution in [0.15, 0.2) is 49.1 Å². The van der Waals surface area contributed by atoms with Gasteiger partial charge in [0.2, 0.25) is 0 Å². The SMILES string of the molecule is OC(c1cnccn1)c1ccc(Cl)c2cccnc12. The van der Waals surface area contributed by atoms with Gasteiger partial charge in [-0.15, -0.1) is 0 Å². The van der Waals surface area contributed by atoms with Crippen LogP contribution in [0.1, 0.15) is 17.4 Å². The summed E-state index contributed by atoms with van der Waals surface area (Å²) in [7, 11) is 0. The molecule has 3 rings (SSSR count). The standard InChI is InChI=1S/C14H10ClN3O/c15-11-4-3-10(13-9(11)2-1-5-18-13)14(19)12-8-16-6-7-17-12/h1-8,14,19H. The molecule has 5 heteroatoms. The molecule has 0 radical (unpaired) electrons. The molecule has 0 bridgehead atoms. The van der Waals surface area contributed by atoms with Crippen LogP contribution in [0.3, 0.4) is 0 Å². The molecule has 19 heavy (non-hydrogen) atoms. The van der Waals surface area contributed by atoms with Crippen molar-refractivity contribution in [1.29, 1.82) is 0 Å². The highest BCUT2D eigenvalue weighted by Crippen LogP contribution is 2.30. The third-order valence-corrected chi connectivity index (χ3v) is 3.24. The first-order valence-electron chi connectivity index (χ1n) is 5.74. The summed E-state index contributed by atoms with van der Waals surface area (Å²) in [6.45, 7) is 0. The number of rotatable bonds is 2. The summed E-state index contributed by atoms with van der Waals surface area (Å²) in [5.41, 5.74) is 1.82. The van der Waals surface area contributed by atoms with Crippen LogP contribution in [0.25, 0.3) is 10.9 Å². The van der Waals surface area contributed by atoms with E-state index in [1.165, 1.54) is 6.20 Å². The first-order valence-corrected chi connectivity index (χ1v) is 6.12. The topological polar surface area (TPSA) is 58.9 Å². The molecule has 0 amide bonds. The Bertz CT molecular complexity index is 718. The fourth-order valence-electron chi connectivity index (χ4n) is 1.99. The molecule has 94 valence electrons. The number of benzene rings is 1. The number of halogens is 1. The van der Waals surface area contributed by atoms with Gasteiger partial charge in [-0.05, 0) is 18.2 Å². The van der Waals surface area contributed by atoms with Gasteiger partial charge in [-0.3, -0.25) is 15.0 Å². The normalized spacial score (nSPS) is 12.5. The summed E-state index contributed by atoms with van der Waals surface area (Å²) in [6.07, 6.45) is 5.45. The lowest BCUT2D eigenvalue weighted by molar-refractivity contribution is 0.216. The number of fused-ring (bicyclic) bond motifs is 1. The minimum Gasteiger partial charge on any atom is -0.382 e. The number of aromatic nitrogens is 3. The summed E-state index contributed by atoms with van der Waals surface area (Å²) in [4.78, 5) is 12.4. The van der Waals surface area contributed by atoms with Crippen molar-refractivity contribution in [3.8, 4) is 0 Å². The molecule has 0 aliphatic carbocycles. The number of hydrogen-bond acceptors (Lipinski definition) is 4. The Labute approximate surface area is 114 Å². The second-order valence-electron chi connectivity index (χ2n) is 4.07. The largest absolute Gasteiger partial charge is 0.382 e. The van der Waals surface area contributed by atoms with E-state index in [1.807, 2.05) is 12.1 Å². The summed E-state index contributed by atoms with van der Waals surface area (Å²) < 4.78 is 0. The Balaban J connectivity index is 2.18. The van der Waals surface area contributed by atoms with Crippen molar-refractivity contribution in [2.24, 2.45) is 0 Å². The van der Waals surface area contributed by atoms with Gasteiger partial charge in [0, 0.05) is 34.6 Å². The van der Waals surface area contributed by atoms with E-state index < -0.39 is 6.10 Å². The van der Waals surface area contributed by atoms with Crippen LogP contribution >= 0.6 is 11.6 Å². The molecule has 4 nitrogen and oxygen atoms in total. The second-order valence-corrected chi connectivity index (χ2v) is 4.48. The molecule has 2 aromatic heterocycles. The van der Waals surface area contributed by atoms with Gasteiger partial charge < -0.3 is 5.11 Å². The third-order valence-electron chi connectivity index (χ3n) is 2.91. The minimum atomic E-state index is -0.872. The molecular formula is C14H10ClN3O. The predicted molar refractivity (Wildman–Crippen MR) is 72.8 cm³/mol. The molecule has 1 aromatic carbocycles. The molecule has 2 heterocycles. The van der Waals surface area contributed by atoms with E-state index in [9.17, 15) is 5.11 Å². The maximum atomic E-state index is 10.4. The molecule has 1 unspecified atom stereocenters. The Kier molecular flexibility index (Phi) is 3.11. The predicted octanol–water partition coefficient (Wildman–Crippen LogP) is 2.76. The lowest BCUT2D eigenvalue weighted by atomic mass is 10.0. The van der Waals surface area contributed by atoms with Crippen molar-refractivity contribution in [3.05, 3.63) is 65.3 Å². The lowest BCUT2D eigenvalue weighted by Crippen LogP contribution is -2.04. The molecular weight excluding hydrogens is 262 g/mol. The molecule has 0 saturated carbocycles. The van der Waals surface area contributed by atoms with Gasteiger partial charge in [0.15, 0.2) is 0 Å². The monoisotopic (exact) mass is 271 g/mol. The van der Waals surface area contributed by atoms with Crippen LogP contribution in [0.2, 0.25) is 5.02 Å². The van der Waals surface area contributed by atoms with Gasteiger partial charge in [-0.25, -0.2) is 0 Å². The molecule has 0 aliphatic heterocycles. The number of aliphatic hydroxyl groups excluding tert-OH is 1. The Morgan fingerprint density at radius 2 is 1.95 bits per heavy atom. The van der Waals surface area contributed by atoms with Crippen molar-refractivity contribution >= 4 is 22.5 Å². The highest BCUT2D eigenvalue weighted by molar-refractivity contribution is 6.35. The maximum Gasteiger partial charge on any atom is 0.125 e. The van der Waals surface area contributed by atoms with Crippen LogP contribution in [0.5, 0.6) is 0 Å². The number of hydrogen-bond donors (Lipinski definition) is 1. The average Bonchev–Trinajstić information content (AvgIpc) is 2.48. The van der Waals surface area contributed by atoms with Crippen LogP contribution < -0.4 is 0 Å². The van der Waals surface area contributed by atoms with Gasteiger partial charge in [0.25, 0.3) is 0 Å². The number of aliphatic hydroxyl groups is 1. The average molecular weight is 272 g/mol. The van der Waals surface area contributed by atoms with Crippen molar-refractivity contribution in [2.75, 3.05) is 0 Å². The van der Waals surface area contributed by atoms with Crippen LogP contribution in [-0.4, -0.2) is 20.1 Å². The highest BCUT2D eigenvalue weighted by atomic mass is 35.5. The summed E-state index contributed by atoms with van der Waals surface area (Å²) in [5.74, 6) is 0. The molecule has 0 spiro atoms. The van der Waals surface area contributed by atoms with Crippen LogP contribution in [0.4, 0.5) is 0 Å². The van der Waals surface area contributed by atoms with Gasteiger partial charge in [0.1, 0.15) is 6.10 Å². The van der Waals surface area contributed by atoms with Crippen molar-refractivity contribution < 1.29 is 5.11 Å². The smallest absolute Gasteiger partial charge is 0.125 e. The van der Waals surface area contributed by atoms with Gasteiger partial charge >= 0.3 is 0 Å². The third kappa shape index (κ3) is 2.16. The molecule has 0 fully saturated rings. The van der Waals surface area contributed by atoms with E-state index in [2.05, 4.69) is 15.0 Å². The van der Waals surface area contributed by atoms with E-state index in [-0.39, 0.29) is 0 Å². The molecule has 1 atom stereocenters. The van der Waals surface area contributed by atoms with Gasteiger partial charge in [-0.1, -0.05) is 17.7 Å². The van der Waals surface area contributed by atoms with Crippen molar-refractivity contribution in [3.63, 3.8) is 0 Å². The molecule has 3 aromatic rings. The second kappa shape index (κ2) is 4.91. The Hall–Kier alpha value is -2.04. The van der Waals surface area contributed by atoms with E-state index >= 15 is 0 Å². The fraction of sp³-hybridized carbons (Fsp3) is 0.0714. The molecule has 1 N–H and O–H groups in total. The van der Waals surface area contributed by atoms with Gasteiger partial charge in [-0.2, -0.15) is 0 Å². The summed E-state index contributed by atoms with van der Waals surface area (Å²) >= 11 is 6.13. The van der Waals surface area contributed by atoms with E-state index in [4.69, 9.17) is 11.6 Å². The fourth-order valence-corrected chi connectivity index (χ4v) is 2.21. The van der Waals surface area contributed by atoms with E-state index in [0.29, 0.717) is 21.8 Å². The van der Waals surface area contributed by atoms with Crippen molar-refractivity contribution in [2.45, 2.75) is 6.10 Å². The van der Waals surface area contributed by atoms with Gasteiger partial charge in [0.05, 0.1) is 17.4 Å². The number of pyridine rings is 1. The summed E-state index contributed by atoms with van der Waals surface area (Å²) in [5, 5.41) is 11.8. The Morgan fingerprint density at radius 3 is 2.74 bits per heavy atom. The zero-order chi connectivity index (χ0) is 13.2. The van der Waals surface area contributed by atoms with Crippen LogP contribution in [-0.2, 0) is 0 Å². The quantitative estimate of drug-likeness (QED) is 0.779. The Morgan fingerprint density at radius 1 is 1.05 bits per heavy atom. The van der Waals surface area contributed by atoms with Crippen molar-refractivity contribution in [1.82, 2.24) is 15.0 Å². The summed E-state index contributed by atoms with van der Waals surface area (Å²) in [6, 6.07) is 7.20. The number of nitrogens with zero attached hydrogens (tertiary/aromatic N) is 3. The zero-order valence-electron chi connectivity index (χ0n) is 9.86. The minimum absolute atomic E-state index is 0.483. The van der Waals surface area contributed by atoms with E-state index in [1.54, 1.807) is 30.7 Å². The first kappa shape index (κ1) is 12.0.